The maximum absolute atomic E-state index is 12.3. The van der Waals surface area contributed by atoms with Crippen molar-refractivity contribution < 1.29 is 35.9 Å². The Morgan fingerprint density at radius 2 is 1.79 bits per heavy atom. The lowest BCUT2D eigenvalue weighted by molar-refractivity contribution is -0.274. The average Bonchev–Trinajstić information content (AvgIpc) is 2.80. The Kier molecular flexibility index (Phi) is 5.99. The minimum Gasteiger partial charge on any atom is -0.483 e. The smallest absolute Gasteiger partial charge is 0.483 e. The van der Waals surface area contributed by atoms with Gasteiger partial charge in [-0.2, -0.15) is 0 Å². The average molecular weight is 430 g/mol. The van der Waals surface area contributed by atoms with Gasteiger partial charge in [0, 0.05) is 25.2 Å². The van der Waals surface area contributed by atoms with E-state index in [0.29, 0.717) is 5.75 Å². The van der Waals surface area contributed by atoms with Gasteiger partial charge in [-0.15, -0.1) is 13.2 Å². The molecule has 0 spiro atoms. The van der Waals surface area contributed by atoms with E-state index in [-0.39, 0.29) is 37.0 Å². The van der Waals surface area contributed by atoms with E-state index in [2.05, 4.69) is 9.46 Å². The maximum atomic E-state index is 12.3. The molecule has 2 aromatic rings. The quantitative estimate of drug-likeness (QED) is 0.760. The Morgan fingerprint density at radius 1 is 1.10 bits per heavy atom. The molecular weight excluding hydrogens is 413 g/mol. The molecular formula is C18H17F3N2O5S. The number of rotatable bonds is 6. The molecule has 0 aromatic heterocycles. The van der Waals surface area contributed by atoms with E-state index in [0.717, 1.165) is 29.8 Å². The van der Waals surface area contributed by atoms with E-state index in [1.54, 1.807) is 12.1 Å². The zero-order chi connectivity index (χ0) is 21.1. The molecule has 0 bridgehead atoms. The van der Waals surface area contributed by atoms with E-state index in [9.17, 15) is 26.4 Å². The molecule has 29 heavy (non-hydrogen) atoms. The Hall–Kier alpha value is -2.79. The third kappa shape index (κ3) is 5.61. The largest absolute Gasteiger partial charge is 0.573 e. The SMILES string of the molecule is O=C1COc2ccccc2CN1CCNS(=O)(=O)c1ccc(OC(F)(F)F)cc1. The summed E-state index contributed by atoms with van der Waals surface area (Å²) in [6.45, 7) is 0.159. The number of benzene rings is 2. The fraction of sp³-hybridized carbons (Fsp3) is 0.278. The second-order valence-corrected chi connectivity index (χ2v) is 7.90. The van der Waals surface area contributed by atoms with Crippen molar-refractivity contribution in [3.05, 3.63) is 54.1 Å². The van der Waals surface area contributed by atoms with E-state index in [1.807, 2.05) is 12.1 Å². The molecule has 7 nitrogen and oxygen atoms in total. The molecule has 0 aliphatic carbocycles. The lowest BCUT2D eigenvalue weighted by Gasteiger charge is -2.20. The molecule has 1 aliphatic heterocycles. The van der Waals surface area contributed by atoms with Gasteiger partial charge in [-0.1, -0.05) is 18.2 Å². The monoisotopic (exact) mass is 430 g/mol. The maximum Gasteiger partial charge on any atom is 0.573 e. The highest BCUT2D eigenvalue weighted by atomic mass is 32.2. The van der Waals surface area contributed by atoms with Gasteiger partial charge in [0.15, 0.2) is 6.61 Å². The number of hydrogen-bond donors (Lipinski definition) is 1. The van der Waals surface area contributed by atoms with Gasteiger partial charge >= 0.3 is 6.36 Å². The number of amides is 1. The Morgan fingerprint density at radius 3 is 2.48 bits per heavy atom. The van der Waals surface area contributed by atoms with E-state index >= 15 is 0 Å². The number of ether oxygens (including phenoxy) is 2. The van der Waals surface area contributed by atoms with Crippen LogP contribution in [-0.2, 0) is 21.4 Å². The van der Waals surface area contributed by atoms with Gasteiger partial charge in [0.25, 0.3) is 5.91 Å². The van der Waals surface area contributed by atoms with Crippen LogP contribution >= 0.6 is 0 Å². The highest BCUT2D eigenvalue weighted by Crippen LogP contribution is 2.24. The third-order valence-electron chi connectivity index (χ3n) is 4.08. The van der Waals surface area contributed by atoms with E-state index in [1.165, 1.54) is 4.90 Å². The lowest BCUT2D eigenvalue weighted by Crippen LogP contribution is -2.39. The molecule has 0 saturated heterocycles. The topological polar surface area (TPSA) is 84.9 Å². The fourth-order valence-corrected chi connectivity index (χ4v) is 3.74. The van der Waals surface area contributed by atoms with Crippen LogP contribution in [0.2, 0.25) is 0 Å². The summed E-state index contributed by atoms with van der Waals surface area (Å²) in [6.07, 6.45) is -4.86. The first-order chi connectivity index (χ1) is 13.6. The molecule has 1 amide bonds. The Bertz CT molecular complexity index is 978. The van der Waals surface area contributed by atoms with Gasteiger partial charge in [0.05, 0.1) is 4.90 Å². The lowest BCUT2D eigenvalue weighted by atomic mass is 10.2. The van der Waals surface area contributed by atoms with Crippen LogP contribution in [0.4, 0.5) is 13.2 Å². The van der Waals surface area contributed by atoms with Crippen LogP contribution in [0.15, 0.2) is 53.4 Å². The van der Waals surface area contributed by atoms with Gasteiger partial charge in [-0.3, -0.25) is 4.79 Å². The van der Waals surface area contributed by atoms with Gasteiger partial charge < -0.3 is 14.4 Å². The number of carbonyl (C=O) groups is 1. The van der Waals surface area contributed by atoms with Crippen LogP contribution in [0, 0.1) is 0 Å². The van der Waals surface area contributed by atoms with Crippen molar-refractivity contribution in [1.29, 1.82) is 0 Å². The predicted molar refractivity (Wildman–Crippen MR) is 95.7 cm³/mol. The van der Waals surface area contributed by atoms with Crippen molar-refractivity contribution in [1.82, 2.24) is 9.62 Å². The first-order valence-electron chi connectivity index (χ1n) is 8.48. The second-order valence-electron chi connectivity index (χ2n) is 6.13. The molecule has 11 heteroatoms. The van der Waals surface area contributed by atoms with Crippen molar-refractivity contribution in [2.24, 2.45) is 0 Å². The number of nitrogens with zero attached hydrogens (tertiary/aromatic N) is 1. The number of hydrogen-bond acceptors (Lipinski definition) is 5. The van der Waals surface area contributed by atoms with E-state index < -0.39 is 22.1 Å². The molecule has 0 fully saturated rings. The molecule has 0 atom stereocenters. The fourth-order valence-electron chi connectivity index (χ4n) is 2.72. The second kappa shape index (κ2) is 8.29. The summed E-state index contributed by atoms with van der Waals surface area (Å²) >= 11 is 0. The third-order valence-corrected chi connectivity index (χ3v) is 5.56. The molecule has 0 unspecified atom stereocenters. The molecule has 0 saturated carbocycles. The summed E-state index contributed by atoms with van der Waals surface area (Å²) in [7, 11) is -3.96. The summed E-state index contributed by atoms with van der Waals surface area (Å²) in [5, 5.41) is 0. The number of fused-ring (bicyclic) bond motifs is 1. The first-order valence-corrected chi connectivity index (χ1v) is 9.96. The molecule has 3 rings (SSSR count). The molecule has 1 heterocycles. The van der Waals surface area contributed by atoms with Crippen LogP contribution in [-0.4, -0.2) is 45.3 Å². The Balaban J connectivity index is 1.59. The van der Waals surface area contributed by atoms with Crippen LogP contribution in [0.1, 0.15) is 5.56 Å². The number of sulfonamides is 1. The van der Waals surface area contributed by atoms with Crippen molar-refractivity contribution in [2.45, 2.75) is 17.8 Å². The predicted octanol–water partition coefficient (Wildman–Crippen LogP) is 2.28. The summed E-state index contributed by atoms with van der Waals surface area (Å²) in [6, 6.07) is 11.0. The summed E-state index contributed by atoms with van der Waals surface area (Å²) in [5.74, 6) is -0.204. The normalized spacial score (nSPS) is 14.7. The van der Waals surface area contributed by atoms with Crippen LogP contribution in [0.5, 0.6) is 11.5 Å². The van der Waals surface area contributed by atoms with Crippen LogP contribution < -0.4 is 14.2 Å². The van der Waals surface area contributed by atoms with Crippen LogP contribution in [0.3, 0.4) is 0 Å². The van der Waals surface area contributed by atoms with Gasteiger partial charge in [-0.05, 0) is 30.3 Å². The standard InChI is InChI=1S/C18H17F3N2O5S/c19-18(20,21)28-14-5-7-15(8-6-14)29(25,26)22-9-10-23-11-13-3-1-2-4-16(13)27-12-17(23)24/h1-8,22H,9-12H2. The number of carbonyl (C=O) groups excluding carboxylic acids is 1. The van der Waals surface area contributed by atoms with Crippen molar-refractivity contribution in [3.8, 4) is 11.5 Å². The van der Waals surface area contributed by atoms with Crippen molar-refractivity contribution in [2.75, 3.05) is 19.7 Å². The number of para-hydroxylation sites is 1. The van der Waals surface area contributed by atoms with Gasteiger partial charge in [-0.25, -0.2) is 13.1 Å². The Labute approximate surface area is 165 Å². The highest BCUT2D eigenvalue weighted by Gasteiger charge is 2.31. The van der Waals surface area contributed by atoms with Crippen molar-refractivity contribution in [3.63, 3.8) is 0 Å². The zero-order valence-electron chi connectivity index (χ0n) is 15.0. The highest BCUT2D eigenvalue weighted by molar-refractivity contribution is 7.89. The number of halogens is 3. The molecule has 1 N–H and O–H groups in total. The number of nitrogens with one attached hydrogen (secondary N) is 1. The number of alkyl halides is 3. The summed E-state index contributed by atoms with van der Waals surface area (Å²) in [4.78, 5) is 13.4. The summed E-state index contributed by atoms with van der Waals surface area (Å²) < 4.78 is 72.6. The van der Waals surface area contributed by atoms with E-state index in [4.69, 9.17) is 4.74 Å². The summed E-state index contributed by atoms with van der Waals surface area (Å²) in [5.41, 5.74) is 0.807. The van der Waals surface area contributed by atoms with Gasteiger partial charge in [0.2, 0.25) is 10.0 Å². The van der Waals surface area contributed by atoms with Crippen molar-refractivity contribution >= 4 is 15.9 Å². The molecule has 156 valence electrons. The first kappa shape index (κ1) is 20.9. The minimum absolute atomic E-state index is 0.0724. The minimum atomic E-state index is -4.86. The molecule has 1 aliphatic rings. The van der Waals surface area contributed by atoms with Gasteiger partial charge in [0.1, 0.15) is 11.5 Å². The molecule has 0 radical (unpaired) electrons. The zero-order valence-corrected chi connectivity index (χ0v) is 15.8. The molecule has 2 aromatic carbocycles. The van der Waals surface area contributed by atoms with Crippen LogP contribution in [0.25, 0.3) is 0 Å².